The van der Waals surface area contributed by atoms with E-state index in [1.807, 2.05) is 6.92 Å². The molecule has 0 aliphatic rings. The number of hydrogen-bond acceptors (Lipinski definition) is 4. The lowest BCUT2D eigenvalue weighted by Gasteiger charge is -2.28. The molecule has 0 spiro atoms. The summed E-state index contributed by atoms with van der Waals surface area (Å²) >= 11 is 0. The first-order valence-electron chi connectivity index (χ1n) is 9.11. The molecule has 1 amide bonds. The summed E-state index contributed by atoms with van der Waals surface area (Å²) in [5.74, 6) is -1.61. The van der Waals surface area contributed by atoms with Crippen molar-refractivity contribution in [3.63, 3.8) is 0 Å². The topological polar surface area (TPSA) is 79.5 Å². The largest absolute Gasteiger partial charge is 0.464 e. The maximum absolute atomic E-state index is 13.2. The fourth-order valence-corrected chi connectivity index (χ4v) is 3.25. The van der Waals surface area contributed by atoms with Crippen LogP contribution in [-0.2, 0) is 4.74 Å². The van der Waals surface area contributed by atoms with Crippen LogP contribution in [0.5, 0.6) is 0 Å². The predicted molar refractivity (Wildman–Crippen MR) is 103 cm³/mol. The zero-order chi connectivity index (χ0) is 21.0. The summed E-state index contributed by atoms with van der Waals surface area (Å²) in [6.07, 6.45) is 0.656. The van der Waals surface area contributed by atoms with Crippen LogP contribution < -0.4 is 0 Å². The molecular weight excluding hydrogens is 363 g/mol. The molecule has 0 aliphatic heterocycles. The summed E-state index contributed by atoms with van der Waals surface area (Å²) in [5.41, 5.74) is 1.95. The number of aryl methyl sites for hydroxylation is 1. The highest BCUT2D eigenvalue weighted by Gasteiger charge is 2.31. The van der Waals surface area contributed by atoms with Gasteiger partial charge in [-0.25, -0.2) is 9.18 Å². The van der Waals surface area contributed by atoms with Crippen LogP contribution in [0.25, 0.3) is 0 Å². The summed E-state index contributed by atoms with van der Waals surface area (Å²) < 4.78 is 17.9. The molecule has 0 saturated heterocycles. The smallest absolute Gasteiger partial charge is 0.354 e. The molecule has 1 aromatic heterocycles. The van der Waals surface area contributed by atoms with Crippen molar-refractivity contribution in [2.45, 2.75) is 40.2 Å². The number of Topliss-reactive ketones (excluding diaryl/α,β-unsaturated/α-hetero) is 1. The number of amides is 1. The van der Waals surface area contributed by atoms with Crippen molar-refractivity contribution in [2.75, 3.05) is 13.7 Å². The minimum atomic E-state index is -0.754. The fourth-order valence-electron chi connectivity index (χ4n) is 3.25. The van der Waals surface area contributed by atoms with E-state index in [4.69, 9.17) is 4.74 Å². The quantitative estimate of drug-likeness (QED) is 0.580. The molecule has 0 fully saturated rings. The van der Waals surface area contributed by atoms with Crippen molar-refractivity contribution >= 4 is 17.7 Å². The Bertz CT molecular complexity index is 887. The van der Waals surface area contributed by atoms with E-state index in [0.717, 1.165) is 0 Å². The number of esters is 1. The normalized spacial score (nSPS) is 11.8. The number of nitrogens with one attached hydrogen (secondary N) is 1. The first kappa shape index (κ1) is 21.3. The Morgan fingerprint density at radius 2 is 1.79 bits per heavy atom. The van der Waals surface area contributed by atoms with Gasteiger partial charge in [0.25, 0.3) is 5.91 Å². The summed E-state index contributed by atoms with van der Waals surface area (Å²) in [5, 5.41) is 0. The third kappa shape index (κ3) is 4.13. The number of nitrogens with zero attached hydrogens (tertiary/aromatic N) is 1. The third-order valence-corrected chi connectivity index (χ3v) is 4.74. The Labute approximate surface area is 163 Å². The van der Waals surface area contributed by atoms with E-state index in [2.05, 4.69) is 4.98 Å². The fraction of sp³-hybridized carbons (Fsp3) is 0.381. The number of benzene rings is 1. The maximum Gasteiger partial charge on any atom is 0.354 e. The highest BCUT2D eigenvalue weighted by molar-refractivity contribution is 6.07. The minimum absolute atomic E-state index is 0.224. The van der Waals surface area contributed by atoms with Gasteiger partial charge < -0.3 is 14.6 Å². The van der Waals surface area contributed by atoms with Crippen molar-refractivity contribution in [1.29, 1.82) is 0 Å². The van der Waals surface area contributed by atoms with E-state index < -0.39 is 17.8 Å². The van der Waals surface area contributed by atoms with E-state index in [0.29, 0.717) is 35.3 Å². The average molecular weight is 388 g/mol. The number of ether oxygens (including phenoxy) is 1. The molecule has 2 aromatic rings. The van der Waals surface area contributed by atoms with Gasteiger partial charge in [0.2, 0.25) is 0 Å². The Morgan fingerprint density at radius 1 is 1.18 bits per heavy atom. The first-order chi connectivity index (χ1) is 13.2. The van der Waals surface area contributed by atoms with Crippen molar-refractivity contribution in [3.8, 4) is 0 Å². The monoisotopic (exact) mass is 388 g/mol. The van der Waals surface area contributed by atoms with Crippen LogP contribution in [0.2, 0.25) is 0 Å². The molecule has 1 heterocycles. The first-order valence-corrected chi connectivity index (χ1v) is 9.11. The molecule has 28 heavy (non-hydrogen) atoms. The van der Waals surface area contributed by atoms with Crippen molar-refractivity contribution < 1.29 is 23.5 Å². The van der Waals surface area contributed by atoms with Gasteiger partial charge in [0.05, 0.1) is 13.2 Å². The van der Waals surface area contributed by atoms with Crippen molar-refractivity contribution in [2.24, 2.45) is 0 Å². The number of ketones is 1. The summed E-state index contributed by atoms with van der Waals surface area (Å²) in [7, 11) is 1.27. The molecular formula is C21H25FN2O4. The van der Waals surface area contributed by atoms with Crippen molar-refractivity contribution in [3.05, 3.63) is 58.2 Å². The summed E-state index contributed by atoms with van der Waals surface area (Å²) in [4.78, 5) is 42.4. The number of carbonyl (C=O) groups excluding carboxylic acids is 3. The number of H-pyrrole nitrogens is 1. The molecule has 1 unspecified atom stereocenters. The lowest BCUT2D eigenvalue weighted by molar-refractivity contribution is 0.0592. The van der Waals surface area contributed by atoms with E-state index in [1.54, 1.807) is 20.8 Å². The van der Waals surface area contributed by atoms with Crippen LogP contribution in [0.3, 0.4) is 0 Å². The molecule has 2 rings (SSSR count). The van der Waals surface area contributed by atoms with Gasteiger partial charge in [-0.2, -0.15) is 0 Å². The Hall–Kier alpha value is -2.96. The second kappa shape index (κ2) is 8.82. The molecule has 150 valence electrons. The number of rotatable bonds is 7. The zero-order valence-electron chi connectivity index (χ0n) is 16.8. The van der Waals surface area contributed by atoms with Gasteiger partial charge in [0.15, 0.2) is 5.78 Å². The highest BCUT2D eigenvalue weighted by Crippen LogP contribution is 2.23. The Morgan fingerprint density at radius 3 is 2.32 bits per heavy atom. The van der Waals surface area contributed by atoms with Gasteiger partial charge in [-0.1, -0.05) is 6.92 Å². The van der Waals surface area contributed by atoms with Crippen LogP contribution >= 0.6 is 0 Å². The highest BCUT2D eigenvalue weighted by atomic mass is 19.1. The van der Waals surface area contributed by atoms with E-state index >= 15 is 0 Å². The summed E-state index contributed by atoms with van der Waals surface area (Å²) in [6.45, 7) is 7.30. The molecule has 0 aliphatic carbocycles. The number of halogens is 1. The standard InChI is InChI=1S/C21H25FN2O4/c1-6-11-24(20(26)15-7-9-16(22)10-8-15)14(4)19(25)17-12(2)18(21(27)28-5)23-13(17)3/h7-10,14,23H,6,11H2,1-5H3. The van der Waals surface area contributed by atoms with Gasteiger partial charge in [-0.3, -0.25) is 9.59 Å². The predicted octanol–water partition coefficient (Wildman–Crippen LogP) is 3.68. The van der Waals surface area contributed by atoms with Crippen LogP contribution in [-0.4, -0.2) is 47.2 Å². The molecule has 0 bridgehead atoms. The molecule has 0 radical (unpaired) electrons. The molecule has 1 aromatic carbocycles. The Balaban J connectivity index is 2.37. The average Bonchev–Trinajstić information content (AvgIpc) is 2.98. The van der Waals surface area contributed by atoms with Crippen LogP contribution in [0.1, 0.15) is 62.7 Å². The van der Waals surface area contributed by atoms with Crippen LogP contribution in [0.15, 0.2) is 24.3 Å². The second-order valence-corrected chi connectivity index (χ2v) is 6.66. The molecule has 0 saturated carbocycles. The Kier molecular flexibility index (Phi) is 6.72. The number of carbonyl (C=O) groups is 3. The second-order valence-electron chi connectivity index (χ2n) is 6.66. The maximum atomic E-state index is 13.2. The molecule has 7 heteroatoms. The lowest BCUT2D eigenvalue weighted by atomic mass is 9.99. The van der Waals surface area contributed by atoms with Crippen molar-refractivity contribution in [1.82, 2.24) is 9.88 Å². The van der Waals surface area contributed by atoms with Gasteiger partial charge in [0.1, 0.15) is 11.5 Å². The number of aromatic nitrogens is 1. The zero-order valence-corrected chi connectivity index (χ0v) is 16.8. The van der Waals surface area contributed by atoms with Gasteiger partial charge in [-0.15, -0.1) is 0 Å². The van der Waals surface area contributed by atoms with Gasteiger partial charge in [0, 0.05) is 23.4 Å². The van der Waals surface area contributed by atoms with Crippen LogP contribution in [0.4, 0.5) is 4.39 Å². The van der Waals surface area contributed by atoms with Gasteiger partial charge >= 0.3 is 5.97 Å². The van der Waals surface area contributed by atoms with Gasteiger partial charge in [-0.05, 0) is 57.0 Å². The number of aromatic amines is 1. The van der Waals surface area contributed by atoms with E-state index in [9.17, 15) is 18.8 Å². The number of methoxy groups -OCH3 is 1. The lowest BCUT2D eigenvalue weighted by Crippen LogP contribution is -2.44. The van der Waals surface area contributed by atoms with Crippen LogP contribution in [0, 0.1) is 19.7 Å². The number of hydrogen-bond donors (Lipinski definition) is 1. The SMILES string of the molecule is CCCN(C(=O)c1ccc(F)cc1)C(C)C(=O)c1c(C)[nH]c(C(=O)OC)c1C. The van der Waals surface area contributed by atoms with E-state index in [-0.39, 0.29) is 17.4 Å². The minimum Gasteiger partial charge on any atom is -0.464 e. The molecule has 6 nitrogen and oxygen atoms in total. The van der Waals surface area contributed by atoms with E-state index in [1.165, 1.54) is 36.3 Å². The summed E-state index contributed by atoms with van der Waals surface area (Å²) in [6, 6.07) is 4.48. The molecule has 1 N–H and O–H groups in total. The molecule has 1 atom stereocenters. The third-order valence-electron chi connectivity index (χ3n) is 4.74.